The van der Waals surface area contributed by atoms with Gasteiger partial charge in [-0.25, -0.2) is 8.78 Å². The maximum Gasteiger partial charge on any atom is 0.303 e. The molecule has 0 amide bonds. The number of halogens is 2. The van der Waals surface area contributed by atoms with Gasteiger partial charge in [-0.1, -0.05) is 0 Å². The minimum Gasteiger partial charge on any atom is -0.481 e. The fourth-order valence-corrected chi connectivity index (χ4v) is 1.49. The van der Waals surface area contributed by atoms with Crippen molar-refractivity contribution in [3.05, 3.63) is 34.9 Å². The molecule has 0 aliphatic carbocycles. The van der Waals surface area contributed by atoms with Crippen molar-refractivity contribution in [1.82, 2.24) is 0 Å². The van der Waals surface area contributed by atoms with Gasteiger partial charge in [-0.3, -0.25) is 4.79 Å². The van der Waals surface area contributed by atoms with Crippen LogP contribution in [-0.4, -0.2) is 11.1 Å². The van der Waals surface area contributed by atoms with Crippen LogP contribution in [0.3, 0.4) is 0 Å². The zero-order valence-electron chi connectivity index (χ0n) is 8.84. The Morgan fingerprint density at radius 1 is 1.44 bits per heavy atom. The van der Waals surface area contributed by atoms with Crippen LogP contribution in [0.2, 0.25) is 0 Å². The van der Waals surface area contributed by atoms with Gasteiger partial charge >= 0.3 is 5.97 Å². The van der Waals surface area contributed by atoms with Gasteiger partial charge in [0.15, 0.2) is 0 Å². The van der Waals surface area contributed by atoms with Crippen molar-refractivity contribution in [2.75, 3.05) is 0 Å². The molecule has 1 aromatic rings. The summed E-state index contributed by atoms with van der Waals surface area (Å²) in [7, 11) is 0. The van der Waals surface area contributed by atoms with Gasteiger partial charge in [-0.2, -0.15) is 0 Å². The summed E-state index contributed by atoms with van der Waals surface area (Å²) in [5, 5.41) is 8.45. The van der Waals surface area contributed by atoms with Crippen molar-refractivity contribution in [3.8, 4) is 0 Å². The minimum absolute atomic E-state index is 0.00618. The van der Waals surface area contributed by atoms with E-state index in [1.54, 1.807) is 6.92 Å². The maximum atomic E-state index is 13.4. The van der Waals surface area contributed by atoms with Gasteiger partial charge in [0.2, 0.25) is 0 Å². The van der Waals surface area contributed by atoms with Crippen LogP contribution in [0.1, 0.15) is 30.0 Å². The number of aryl methyl sites for hydroxylation is 1. The highest BCUT2D eigenvalue weighted by Crippen LogP contribution is 2.23. The molecule has 0 bridgehead atoms. The van der Waals surface area contributed by atoms with Gasteiger partial charge in [-0.05, 0) is 31.0 Å². The lowest BCUT2D eigenvalue weighted by molar-refractivity contribution is -0.137. The third-order valence-corrected chi connectivity index (χ3v) is 2.26. The first-order chi connectivity index (χ1) is 7.41. The molecule has 1 rings (SSSR count). The third-order valence-electron chi connectivity index (χ3n) is 2.26. The van der Waals surface area contributed by atoms with E-state index in [4.69, 9.17) is 10.8 Å². The topological polar surface area (TPSA) is 63.3 Å². The molecule has 0 saturated heterocycles. The summed E-state index contributed by atoms with van der Waals surface area (Å²) in [6.07, 6.45) is -0.208. The minimum atomic E-state index is -1.04. The highest BCUT2D eigenvalue weighted by atomic mass is 19.1. The lowest BCUT2D eigenvalue weighted by Crippen LogP contribution is -2.16. The summed E-state index contributed by atoms with van der Waals surface area (Å²) in [5.41, 5.74) is 5.77. The molecule has 1 aromatic carbocycles. The zero-order chi connectivity index (χ0) is 12.3. The Kier molecular flexibility index (Phi) is 3.95. The maximum absolute atomic E-state index is 13.4. The zero-order valence-corrected chi connectivity index (χ0v) is 8.84. The van der Waals surface area contributed by atoms with Crippen LogP contribution in [0.5, 0.6) is 0 Å². The molecule has 1 unspecified atom stereocenters. The quantitative estimate of drug-likeness (QED) is 0.831. The molecule has 5 heteroatoms. The number of rotatable bonds is 4. The Morgan fingerprint density at radius 3 is 2.38 bits per heavy atom. The van der Waals surface area contributed by atoms with Crippen molar-refractivity contribution in [1.29, 1.82) is 0 Å². The highest BCUT2D eigenvalue weighted by molar-refractivity contribution is 5.66. The van der Waals surface area contributed by atoms with Crippen LogP contribution in [-0.2, 0) is 4.79 Å². The molecule has 3 N–H and O–H groups in total. The molecule has 3 nitrogen and oxygen atoms in total. The van der Waals surface area contributed by atoms with Crippen molar-refractivity contribution in [3.63, 3.8) is 0 Å². The number of carboxylic acid groups (broad SMARTS) is 1. The van der Waals surface area contributed by atoms with Crippen LogP contribution in [0.15, 0.2) is 12.1 Å². The Bertz CT molecular complexity index is 384. The number of carboxylic acids is 1. The number of aliphatic carboxylic acids is 1. The van der Waals surface area contributed by atoms with E-state index < -0.39 is 23.6 Å². The number of carbonyl (C=O) groups is 1. The van der Waals surface area contributed by atoms with E-state index in [0.717, 1.165) is 0 Å². The second-order valence-corrected chi connectivity index (χ2v) is 3.68. The molecule has 16 heavy (non-hydrogen) atoms. The van der Waals surface area contributed by atoms with E-state index in [-0.39, 0.29) is 18.4 Å². The Labute approximate surface area is 91.9 Å². The van der Waals surface area contributed by atoms with Crippen molar-refractivity contribution in [2.45, 2.75) is 25.8 Å². The van der Waals surface area contributed by atoms with Gasteiger partial charge < -0.3 is 10.8 Å². The van der Waals surface area contributed by atoms with Gasteiger partial charge in [0.05, 0.1) is 0 Å². The van der Waals surface area contributed by atoms with Crippen LogP contribution in [0.25, 0.3) is 0 Å². The van der Waals surface area contributed by atoms with Crippen LogP contribution >= 0.6 is 0 Å². The molecule has 0 fully saturated rings. The third kappa shape index (κ3) is 3.00. The lowest BCUT2D eigenvalue weighted by Gasteiger charge is -2.13. The summed E-state index contributed by atoms with van der Waals surface area (Å²) < 4.78 is 26.8. The van der Waals surface area contributed by atoms with Gasteiger partial charge in [-0.15, -0.1) is 0 Å². The number of hydrogen-bond donors (Lipinski definition) is 2. The van der Waals surface area contributed by atoms with Crippen molar-refractivity contribution in [2.24, 2.45) is 5.73 Å². The molecule has 0 heterocycles. The number of benzene rings is 1. The summed E-state index contributed by atoms with van der Waals surface area (Å²) in [5.74, 6) is -2.49. The molecule has 1 atom stereocenters. The molecule has 0 aliphatic rings. The summed E-state index contributed by atoms with van der Waals surface area (Å²) in [6, 6.07) is 1.43. The summed E-state index contributed by atoms with van der Waals surface area (Å²) in [4.78, 5) is 10.3. The summed E-state index contributed by atoms with van der Waals surface area (Å²) in [6.45, 7) is 1.57. The average molecular weight is 229 g/mol. The molecule has 0 radical (unpaired) electrons. The molecule has 0 aromatic heterocycles. The average Bonchev–Trinajstić information content (AvgIpc) is 2.12. The molecule has 0 aliphatic heterocycles. The number of hydrogen-bond acceptors (Lipinski definition) is 2. The van der Waals surface area contributed by atoms with E-state index in [2.05, 4.69) is 0 Å². The molecule has 0 saturated carbocycles. The summed E-state index contributed by atoms with van der Waals surface area (Å²) >= 11 is 0. The SMILES string of the molecule is Cc1cc(F)c(C(N)CCC(=O)O)c(F)c1. The first-order valence-electron chi connectivity index (χ1n) is 4.84. The van der Waals surface area contributed by atoms with E-state index >= 15 is 0 Å². The first kappa shape index (κ1) is 12.6. The van der Waals surface area contributed by atoms with Gasteiger partial charge in [0.1, 0.15) is 11.6 Å². The second-order valence-electron chi connectivity index (χ2n) is 3.68. The monoisotopic (exact) mass is 229 g/mol. The van der Waals surface area contributed by atoms with E-state index in [9.17, 15) is 13.6 Å². The molecule has 0 spiro atoms. The van der Waals surface area contributed by atoms with E-state index in [1.165, 1.54) is 12.1 Å². The fourth-order valence-electron chi connectivity index (χ4n) is 1.49. The van der Waals surface area contributed by atoms with Gasteiger partial charge in [0, 0.05) is 18.0 Å². The predicted molar refractivity (Wildman–Crippen MR) is 54.9 cm³/mol. The normalized spacial score (nSPS) is 12.5. The van der Waals surface area contributed by atoms with Crippen molar-refractivity contribution < 1.29 is 18.7 Å². The standard InChI is InChI=1S/C11H13F2NO2/c1-6-4-7(12)11(8(13)5-6)9(14)2-3-10(15)16/h4-5,9H,2-3,14H2,1H3,(H,15,16). The molecular formula is C11H13F2NO2. The fraction of sp³-hybridized carbons (Fsp3) is 0.364. The first-order valence-corrected chi connectivity index (χ1v) is 4.84. The second kappa shape index (κ2) is 5.03. The molecular weight excluding hydrogens is 216 g/mol. The van der Waals surface area contributed by atoms with Crippen LogP contribution in [0, 0.1) is 18.6 Å². The molecule has 88 valence electrons. The Hall–Kier alpha value is -1.49. The van der Waals surface area contributed by atoms with Gasteiger partial charge in [0.25, 0.3) is 0 Å². The Balaban J connectivity index is 2.90. The smallest absolute Gasteiger partial charge is 0.303 e. The lowest BCUT2D eigenvalue weighted by atomic mass is 10.0. The highest BCUT2D eigenvalue weighted by Gasteiger charge is 2.18. The van der Waals surface area contributed by atoms with E-state index in [1.807, 2.05) is 0 Å². The van der Waals surface area contributed by atoms with Crippen LogP contribution in [0.4, 0.5) is 8.78 Å². The van der Waals surface area contributed by atoms with Crippen LogP contribution < -0.4 is 5.73 Å². The number of nitrogens with two attached hydrogens (primary N) is 1. The Morgan fingerprint density at radius 2 is 1.94 bits per heavy atom. The predicted octanol–water partition coefficient (Wildman–Crippen LogP) is 2.14. The largest absolute Gasteiger partial charge is 0.481 e. The van der Waals surface area contributed by atoms with E-state index in [0.29, 0.717) is 5.56 Å². The van der Waals surface area contributed by atoms with Crippen molar-refractivity contribution >= 4 is 5.97 Å².